The molecule has 1 N–H and O–H groups in total. The molecule has 18 heavy (non-hydrogen) atoms. The van der Waals surface area contributed by atoms with Gasteiger partial charge in [0.25, 0.3) is 0 Å². The Morgan fingerprint density at radius 3 is 2.83 bits per heavy atom. The first kappa shape index (κ1) is 13.0. The van der Waals surface area contributed by atoms with Crippen molar-refractivity contribution in [3.63, 3.8) is 0 Å². The van der Waals surface area contributed by atoms with E-state index in [0.717, 1.165) is 23.9 Å². The zero-order valence-electron chi connectivity index (χ0n) is 8.89. The number of carbonyl (C=O) groups is 1. The Labute approximate surface area is 109 Å². The summed E-state index contributed by atoms with van der Waals surface area (Å²) >= 11 is 2.36. The fraction of sp³-hybridized carbons (Fsp3) is 0.0909. The third kappa shape index (κ3) is 3.05. The molecular weight excluding hydrogens is 280 g/mol. The maximum absolute atomic E-state index is 13.0. The lowest BCUT2D eigenvalue weighted by Crippen LogP contribution is -1.97. The van der Waals surface area contributed by atoms with E-state index in [-0.39, 0.29) is 5.75 Å². The van der Waals surface area contributed by atoms with E-state index < -0.39 is 17.6 Å². The third-order valence-corrected chi connectivity index (χ3v) is 4.02. The zero-order valence-corrected chi connectivity index (χ0v) is 10.5. The number of hydrogen-bond donors (Lipinski definition) is 1. The lowest BCUT2D eigenvalue weighted by atomic mass is 10.2. The molecule has 1 heterocycles. The van der Waals surface area contributed by atoms with Crippen LogP contribution in [0.4, 0.5) is 8.78 Å². The number of carboxylic acids is 1. The van der Waals surface area contributed by atoms with Crippen LogP contribution >= 0.6 is 23.1 Å². The summed E-state index contributed by atoms with van der Waals surface area (Å²) in [6.07, 6.45) is 0. The molecule has 0 aliphatic heterocycles. The van der Waals surface area contributed by atoms with Gasteiger partial charge in [-0.05, 0) is 18.2 Å². The highest BCUT2D eigenvalue weighted by atomic mass is 32.2. The number of nitrogens with zero attached hydrogens (tertiary/aromatic N) is 1. The first-order chi connectivity index (χ1) is 8.56. The molecule has 0 spiro atoms. The average Bonchev–Trinajstić information content (AvgIpc) is 2.79. The Kier molecular flexibility index (Phi) is 3.93. The highest BCUT2D eigenvalue weighted by molar-refractivity contribution is 8.01. The predicted molar refractivity (Wildman–Crippen MR) is 65.8 cm³/mol. The fourth-order valence-corrected chi connectivity index (χ4v) is 2.79. The Morgan fingerprint density at radius 1 is 1.39 bits per heavy atom. The van der Waals surface area contributed by atoms with Crippen LogP contribution in [0.25, 0.3) is 11.3 Å². The molecule has 3 nitrogen and oxygen atoms in total. The second kappa shape index (κ2) is 5.45. The maximum Gasteiger partial charge on any atom is 0.313 e. The van der Waals surface area contributed by atoms with Crippen molar-refractivity contribution in [2.24, 2.45) is 0 Å². The molecule has 94 valence electrons. The van der Waals surface area contributed by atoms with Crippen molar-refractivity contribution in [3.05, 3.63) is 35.2 Å². The molecule has 2 rings (SSSR count). The van der Waals surface area contributed by atoms with Crippen molar-refractivity contribution in [2.75, 3.05) is 5.75 Å². The number of carboxylic acid groups (broad SMARTS) is 1. The number of thiazole rings is 1. The molecular formula is C11H7F2NO2S2. The van der Waals surface area contributed by atoms with Crippen molar-refractivity contribution >= 4 is 29.1 Å². The van der Waals surface area contributed by atoms with E-state index in [2.05, 4.69) is 4.98 Å². The molecule has 1 aromatic carbocycles. The molecule has 0 aliphatic rings. The van der Waals surface area contributed by atoms with Crippen LogP contribution in [0.2, 0.25) is 0 Å². The molecule has 0 bridgehead atoms. The summed E-state index contributed by atoms with van der Waals surface area (Å²) in [5.74, 6) is -2.84. The molecule has 0 saturated carbocycles. The van der Waals surface area contributed by atoms with E-state index >= 15 is 0 Å². The minimum absolute atomic E-state index is 0.0786. The minimum Gasteiger partial charge on any atom is -0.481 e. The van der Waals surface area contributed by atoms with Crippen molar-refractivity contribution < 1.29 is 18.7 Å². The summed E-state index contributed by atoms with van der Waals surface area (Å²) in [5, 5.41) is 10.2. The van der Waals surface area contributed by atoms with Crippen LogP contribution in [-0.2, 0) is 4.79 Å². The monoisotopic (exact) mass is 287 g/mol. The lowest BCUT2D eigenvalue weighted by molar-refractivity contribution is -0.133. The molecule has 0 fully saturated rings. The van der Waals surface area contributed by atoms with E-state index in [0.29, 0.717) is 15.6 Å². The fourth-order valence-electron chi connectivity index (χ4n) is 1.24. The van der Waals surface area contributed by atoms with E-state index in [1.54, 1.807) is 5.38 Å². The molecule has 0 radical (unpaired) electrons. The van der Waals surface area contributed by atoms with Gasteiger partial charge in [0.2, 0.25) is 0 Å². The summed E-state index contributed by atoms with van der Waals surface area (Å²) in [5.41, 5.74) is 0.971. The normalized spacial score (nSPS) is 10.6. The summed E-state index contributed by atoms with van der Waals surface area (Å²) in [6.45, 7) is 0. The van der Waals surface area contributed by atoms with Crippen LogP contribution in [0.1, 0.15) is 0 Å². The van der Waals surface area contributed by atoms with E-state index in [1.807, 2.05) is 0 Å². The summed E-state index contributed by atoms with van der Waals surface area (Å²) in [7, 11) is 0. The summed E-state index contributed by atoms with van der Waals surface area (Å²) in [6, 6.07) is 3.53. The maximum atomic E-state index is 13.0. The zero-order chi connectivity index (χ0) is 13.1. The van der Waals surface area contributed by atoms with Crippen LogP contribution in [0.3, 0.4) is 0 Å². The Morgan fingerprint density at radius 2 is 2.17 bits per heavy atom. The van der Waals surface area contributed by atoms with Gasteiger partial charge in [0.1, 0.15) is 0 Å². The Balaban J connectivity index is 2.18. The van der Waals surface area contributed by atoms with Crippen molar-refractivity contribution in [1.29, 1.82) is 0 Å². The molecule has 0 saturated heterocycles. The summed E-state index contributed by atoms with van der Waals surface area (Å²) in [4.78, 5) is 14.5. The topological polar surface area (TPSA) is 50.2 Å². The van der Waals surface area contributed by atoms with Crippen molar-refractivity contribution in [3.8, 4) is 11.3 Å². The molecule has 0 unspecified atom stereocenters. The van der Waals surface area contributed by atoms with Gasteiger partial charge >= 0.3 is 5.97 Å². The second-order valence-corrected chi connectivity index (χ2v) is 5.39. The number of thioether (sulfide) groups is 1. The first-order valence-corrected chi connectivity index (χ1v) is 6.68. The van der Waals surface area contributed by atoms with Gasteiger partial charge in [-0.15, -0.1) is 11.3 Å². The van der Waals surface area contributed by atoms with Gasteiger partial charge in [-0.1, -0.05) is 11.8 Å². The number of rotatable bonds is 4. The molecule has 2 aromatic rings. The lowest BCUT2D eigenvalue weighted by Gasteiger charge is -1.97. The van der Waals surface area contributed by atoms with Crippen LogP contribution in [-0.4, -0.2) is 21.8 Å². The van der Waals surface area contributed by atoms with Crippen molar-refractivity contribution in [2.45, 2.75) is 4.34 Å². The molecule has 0 aliphatic carbocycles. The molecule has 7 heteroatoms. The molecule has 1 aromatic heterocycles. The number of halogens is 2. The molecule has 0 atom stereocenters. The van der Waals surface area contributed by atoms with Gasteiger partial charge < -0.3 is 5.11 Å². The number of benzene rings is 1. The largest absolute Gasteiger partial charge is 0.481 e. The average molecular weight is 287 g/mol. The van der Waals surface area contributed by atoms with Gasteiger partial charge in [0, 0.05) is 10.9 Å². The first-order valence-electron chi connectivity index (χ1n) is 4.82. The smallest absolute Gasteiger partial charge is 0.313 e. The SMILES string of the molecule is O=C(O)CSc1nc(-c2ccc(F)c(F)c2)cs1. The van der Waals surface area contributed by atoms with E-state index in [4.69, 9.17) is 5.11 Å². The van der Waals surface area contributed by atoms with Gasteiger partial charge in [-0.2, -0.15) is 0 Å². The quantitative estimate of drug-likeness (QED) is 0.877. The van der Waals surface area contributed by atoms with Gasteiger partial charge in [-0.3, -0.25) is 4.79 Å². The second-order valence-electron chi connectivity index (χ2n) is 3.31. The highest BCUT2D eigenvalue weighted by Gasteiger charge is 2.09. The minimum atomic E-state index is -0.930. The molecule has 0 amide bonds. The van der Waals surface area contributed by atoms with Gasteiger partial charge in [0.05, 0.1) is 11.4 Å². The van der Waals surface area contributed by atoms with E-state index in [9.17, 15) is 13.6 Å². The third-order valence-electron chi connectivity index (χ3n) is 2.02. The van der Waals surface area contributed by atoms with Crippen LogP contribution in [0, 0.1) is 11.6 Å². The number of aliphatic carboxylic acids is 1. The Bertz CT molecular complexity index is 586. The number of aromatic nitrogens is 1. The predicted octanol–water partition coefficient (Wildman–Crippen LogP) is 3.27. The Hall–Kier alpha value is -1.47. The van der Waals surface area contributed by atoms with E-state index in [1.165, 1.54) is 17.4 Å². The standard InChI is InChI=1S/C11H7F2NO2S2/c12-7-2-1-6(3-8(7)13)9-4-17-11(14-9)18-5-10(15)16/h1-4H,5H2,(H,15,16). The van der Waals surface area contributed by atoms with Crippen LogP contribution < -0.4 is 0 Å². The van der Waals surface area contributed by atoms with Crippen LogP contribution in [0.15, 0.2) is 27.9 Å². The van der Waals surface area contributed by atoms with Crippen LogP contribution in [0.5, 0.6) is 0 Å². The summed E-state index contributed by atoms with van der Waals surface area (Å²) < 4.78 is 26.4. The highest BCUT2D eigenvalue weighted by Crippen LogP contribution is 2.28. The number of hydrogen-bond acceptors (Lipinski definition) is 4. The van der Waals surface area contributed by atoms with Gasteiger partial charge in [-0.25, -0.2) is 13.8 Å². The van der Waals surface area contributed by atoms with Crippen molar-refractivity contribution in [1.82, 2.24) is 4.98 Å². The van der Waals surface area contributed by atoms with Gasteiger partial charge in [0.15, 0.2) is 16.0 Å².